The normalized spacial score (nSPS) is 9.27. The lowest BCUT2D eigenvalue weighted by Gasteiger charge is -1.87. The Morgan fingerprint density at radius 2 is 2.27 bits per heavy atom. The molecule has 0 spiro atoms. The molecule has 0 radical (unpaired) electrons. The van der Waals surface area contributed by atoms with Crippen LogP contribution in [-0.4, -0.2) is 17.2 Å². The van der Waals surface area contributed by atoms with Gasteiger partial charge in [0.1, 0.15) is 10.9 Å². The number of hydrogen-bond acceptors (Lipinski definition) is 4. The fourth-order valence-electron chi connectivity index (χ4n) is 0.745. The number of thiophene rings is 1. The Morgan fingerprint density at radius 3 is 2.55 bits per heavy atom. The third kappa shape index (κ3) is 1.60. The van der Waals surface area contributed by atoms with Gasteiger partial charge in [-0.05, 0) is 18.6 Å². The largest absolute Gasteiger partial charge is 0.499 e. The van der Waals surface area contributed by atoms with E-state index >= 15 is 0 Å². The van der Waals surface area contributed by atoms with Crippen LogP contribution in [0.25, 0.3) is 0 Å². The SMILES string of the molecule is Cc1cc(B(O)O)sc1C#N. The molecule has 1 rings (SSSR count). The first-order chi connectivity index (χ1) is 5.15. The summed E-state index contributed by atoms with van der Waals surface area (Å²) in [6.07, 6.45) is 0. The lowest BCUT2D eigenvalue weighted by atomic mass is 9.89. The maximum Gasteiger partial charge on any atom is 0.499 e. The van der Waals surface area contributed by atoms with Crippen LogP contribution in [0.15, 0.2) is 6.07 Å². The van der Waals surface area contributed by atoms with Gasteiger partial charge in [-0.25, -0.2) is 0 Å². The van der Waals surface area contributed by atoms with E-state index in [0.29, 0.717) is 9.65 Å². The topological polar surface area (TPSA) is 64.2 Å². The van der Waals surface area contributed by atoms with E-state index in [0.717, 1.165) is 16.9 Å². The summed E-state index contributed by atoms with van der Waals surface area (Å²) in [4.78, 5) is 0.535. The van der Waals surface area contributed by atoms with Crippen LogP contribution in [-0.2, 0) is 0 Å². The fourth-order valence-corrected chi connectivity index (χ4v) is 1.59. The van der Waals surface area contributed by atoms with Crippen molar-refractivity contribution in [1.29, 1.82) is 5.26 Å². The first-order valence-electron chi connectivity index (χ1n) is 3.01. The Labute approximate surface area is 68.7 Å². The van der Waals surface area contributed by atoms with E-state index in [1.54, 1.807) is 13.0 Å². The van der Waals surface area contributed by atoms with E-state index < -0.39 is 7.12 Å². The fraction of sp³-hybridized carbons (Fsp3) is 0.167. The molecular formula is C6H6BNO2S. The summed E-state index contributed by atoms with van der Waals surface area (Å²) in [5.74, 6) is 0. The van der Waals surface area contributed by atoms with Crippen LogP contribution in [0.3, 0.4) is 0 Å². The highest BCUT2D eigenvalue weighted by Gasteiger charge is 2.15. The molecule has 11 heavy (non-hydrogen) atoms. The van der Waals surface area contributed by atoms with Crippen LogP contribution < -0.4 is 4.78 Å². The second-order valence-electron chi connectivity index (χ2n) is 2.15. The number of aryl methyl sites for hydroxylation is 1. The Morgan fingerprint density at radius 1 is 1.64 bits per heavy atom. The molecule has 0 bridgehead atoms. The molecule has 1 heterocycles. The summed E-state index contributed by atoms with van der Waals surface area (Å²) >= 11 is 1.11. The van der Waals surface area contributed by atoms with Crippen molar-refractivity contribution in [2.75, 3.05) is 0 Å². The van der Waals surface area contributed by atoms with Crippen LogP contribution in [0, 0.1) is 18.3 Å². The van der Waals surface area contributed by atoms with Crippen molar-refractivity contribution >= 4 is 23.2 Å². The van der Waals surface area contributed by atoms with Crippen LogP contribution in [0.4, 0.5) is 0 Å². The first-order valence-corrected chi connectivity index (χ1v) is 3.83. The monoisotopic (exact) mass is 167 g/mol. The second-order valence-corrected chi connectivity index (χ2v) is 3.23. The molecule has 5 heteroatoms. The highest BCUT2D eigenvalue weighted by atomic mass is 32.1. The lowest BCUT2D eigenvalue weighted by Crippen LogP contribution is -2.26. The average molecular weight is 167 g/mol. The molecule has 2 N–H and O–H groups in total. The molecule has 0 amide bonds. The molecule has 1 aromatic heterocycles. The van der Waals surface area contributed by atoms with Gasteiger partial charge >= 0.3 is 7.12 Å². The van der Waals surface area contributed by atoms with Gasteiger partial charge in [-0.2, -0.15) is 5.26 Å². The molecule has 0 aliphatic rings. The van der Waals surface area contributed by atoms with Crippen molar-refractivity contribution in [2.24, 2.45) is 0 Å². The number of nitriles is 1. The van der Waals surface area contributed by atoms with Gasteiger partial charge in [-0.3, -0.25) is 0 Å². The van der Waals surface area contributed by atoms with Crippen molar-refractivity contribution < 1.29 is 10.0 Å². The molecule has 56 valence electrons. The maximum atomic E-state index is 8.71. The molecule has 1 aromatic rings. The summed E-state index contributed by atoms with van der Waals surface area (Å²) in [6, 6.07) is 3.57. The molecule has 0 fully saturated rings. The maximum absolute atomic E-state index is 8.71. The zero-order valence-corrected chi connectivity index (χ0v) is 6.72. The minimum Gasteiger partial charge on any atom is -0.423 e. The van der Waals surface area contributed by atoms with Gasteiger partial charge in [0.15, 0.2) is 0 Å². The Balaban J connectivity index is 3.07. The van der Waals surface area contributed by atoms with Gasteiger partial charge < -0.3 is 10.0 Å². The van der Waals surface area contributed by atoms with Crippen molar-refractivity contribution in [3.63, 3.8) is 0 Å². The second kappa shape index (κ2) is 3.05. The molecule has 0 saturated heterocycles. The minimum absolute atomic E-state index is 0.416. The first kappa shape index (κ1) is 8.27. The summed E-state index contributed by atoms with van der Waals surface area (Å²) in [6.45, 7) is 1.76. The summed E-state index contributed by atoms with van der Waals surface area (Å²) in [5.41, 5.74) is 0.792. The van der Waals surface area contributed by atoms with Crippen LogP contribution in [0.5, 0.6) is 0 Å². The molecule has 3 nitrogen and oxygen atoms in total. The van der Waals surface area contributed by atoms with Gasteiger partial charge in [0.05, 0.1) is 0 Å². The molecule has 0 unspecified atom stereocenters. The van der Waals surface area contributed by atoms with E-state index in [9.17, 15) is 0 Å². The van der Waals surface area contributed by atoms with Crippen molar-refractivity contribution in [2.45, 2.75) is 6.92 Å². The van der Waals surface area contributed by atoms with Gasteiger partial charge in [-0.15, -0.1) is 11.3 Å². The van der Waals surface area contributed by atoms with Gasteiger partial charge in [0, 0.05) is 4.78 Å². The average Bonchev–Trinajstić information content (AvgIpc) is 2.31. The summed E-state index contributed by atoms with van der Waals surface area (Å²) in [7, 11) is -1.46. The van der Waals surface area contributed by atoms with Crippen LogP contribution in [0.1, 0.15) is 10.4 Å². The van der Waals surface area contributed by atoms with E-state index in [4.69, 9.17) is 15.3 Å². The summed E-state index contributed by atoms with van der Waals surface area (Å²) in [5, 5.41) is 25.9. The van der Waals surface area contributed by atoms with Crippen LogP contribution >= 0.6 is 11.3 Å². The summed E-state index contributed by atoms with van der Waals surface area (Å²) < 4.78 is 0.416. The van der Waals surface area contributed by atoms with Gasteiger partial charge in [0.25, 0.3) is 0 Å². The predicted molar refractivity (Wildman–Crippen MR) is 43.6 cm³/mol. The highest BCUT2D eigenvalue weighted by Crippen LogP contribution is 2.11. The molecule has 0 aliphatic heterocycles. The molecule has 0 aromatic carbocycles. The van der Waals surface area contributed by atoms with Crippen molar-refractivity contribution in [1.82, 2.24) is 0 Å². The zero-order chi connectivity index (χ0) is 8.43. The minimum atomic E-state index is -1.46. The molecule has 0 saturated carbocycles. The third-order valence-electron chi connectivity index (χ3n) is 1.29. The predicted octanol–water partition coefficient (Wildman–Crippen LogP) is -0.392. The molecule has 0 aliphatic carbocycles. The van der Waals surface area contributed by atoms with E-state index in [1.807, 2.05) is 6.07 Å². The molecule has 0 atom stereocenters. The molecular weight excluding hydrogens is 161 g/mol. The van der Waals surface area contributed by atoms with Gasteiger partial charge in [-0.1, -0.05) is 0 Å². The quantitative estimate of drug-likeness (QED) is 0.559. The standard InChI is InChI=1S/C6H6BNO2S/c1-4-2-6(7(9)10)11-5(4)3-8/h2,9-10H,1H3. The van der Waals surface area contributed by atoms with E-state index in [1.165, 1.54) is 0 Å². The van der Waals surface area contributed by atoms with E-state index in [-0.39, 0.29) is 0 Å². The Bertz CT molecular complexity index is 302. The van der Waals surface area contributed by atoms with Crippen molar-refractivity contribution in [3.05, 3.63) is 16.5 Å². The van der Waals surface area contributed by atoms with E-state index in [2.05, 4.69) is 0 Å². The van der Waals surface area contributed by atoms with Crippen LogP contribution in [0.2, 0.25) is 0 Å². The Hall–Kier alpha value is -0.825. The smallest absolute Gasteiger partial charge is 0.423 e. The van der Waals surface area contributed by atoms with Gasteiger partial charge in [0.2, 0.25) is 0 Å². The Kier molecular flexibility index (Phi) is 2.30. The zero-order valence-electron chi connectivity index (χ0n) is 5.90. The number of hydrogen-bond donors (Lipinski definition) is 2. The highest BCUT2D eigenvalue weighted by molar-refractivity contribution is 7.22. The third-order valence-corrected chi connectivity index (χ3v) is 2.47. The lowest BCUT2D eigenvalue weighted by molar-refractivity contribution is 0.427. The number of rotatable bonds is 1. The number of nitrogens with zero attached hydrogens (tertiary/aromatic N) is 1. The van der Waals surface area contributed by atoms with Crippen molar-refractivity contribution in [3.8, 4) is 6.07 Å².